The van der Waals surface area contributed by atoms with Crippen LogP contribution in [-0.2, 0) is 5.41 Å². The summed E-state index contributed by atoms with van der Waals surface area (Å²) in [7, 11) is 2.19. The van der Waals surface area contributed by atoms with Crippen LogP contribution in [0.15, 0.2) is 30.3 Å². The molecule has 1 aliphatic rings. The van der Waals surface area contributed by atoms with Crippen molar-refractivity contribution < 1.29 is 0 Å². The molecule has 1 aromatic carbocycles. The van der Waals surface area contributed by atoms with Gasteiger partial charge < -0.3 is 4.90 Å². The molecule has 1 fully saturated rings. The van der Waals surface area contributed by atoms with E-state index >= 15 is 0 Å². The number of rotatable bonds is 1. The SMILES string of the molecule is [CH2]C1(c2ccccc2)CCN(C)CC1. The molecule has 2 rings (SSSR count). The summed E-state index contributed by atoms with van der Waals surface area (Å²) in [6, 6.07) is 10.7. The van der Waals surface area contributed by atoms with Crippen LogP contribution in [0.4, 0.5) is 0 Å². The molecule has 1 aliphatic heterocycles. The lowest BCUT2D eigenvalue weighted by atomic mass is 9.75. The average Bonchev–Trinajstić information content (AvgIpc) is 2.24. The topological polar surface area (TPSA) is 3.24 Å². The van der Waals surface area contributed by atoms with Crippen LogP contribution in [-0.4, -0.2) is 25.0 Å². The third kappa shape index (κ3) is 1.83. The van der Waals surface area contributed by atoms with Crippen LogP contribution in [0.25, 0.3) is 0 Å². The van der Waals surface area contributed by atoms with Crippen molar-refractivity contribution in [1.82, 2.24) is 4.90 Å². The maximum absolute atomic E-state index is 4.41. The largest absolute Gasteiger partial charge is 0.306 e. The first-order valence-electron chi connectivity index (χ1n) is 5.30. The van der Waals surface area contributed by atoms with Gasteiger partial charge in [-0.05, 0) is 50.9 Å². The molecule has 14 heavy (non-hydrogen) atoms. The quantitative estimate of drug-likeness (QED) is 0.654. The van der Waals surface area contributed by atoms with Crippen molar-refractivity contribution in [3.05, 3.63) is 42.8 Å². The van der Waals surface area contributed by atoms with E-state index < -0.39 is 0 Å². The molecule has 1 saturated heterocycles. The average molecular weight is 188 g/mol. The molecule has 0 aromatic heterocycles. The zero-order valence-corrected chi connectivity index (χ0v) is 8.87. The van der Waals surface area contributed by atoms with Gasteiger partial charge in [-0.3, -0.25) is 0 Å². The minimum atomic E-state index is 0.160. The van der Waals surface area contributed by atoms with Gasteiger partial charge in [0.1, 0.15) is 0 Å². The Morgan fingerprint density at radius 2 is 1.71 bits per heavy atom. The van der Waals surface area contributed by atoms with Gasteiger partial charge in [0, 0.05) is 0 Å². The van der Waals surface area contributed by atoms with Gasteiger partial charge in [-0.15, -0.1) is 0 Å². The van der Waals surface area contributed by atoms with E-state index in [9.17, 15) is 0 Å². The van der Waals surface area contributed by atoms with Crippen LogP contribution in [0.5, 0.6) is 0 Å². The van der Waals surface area contributed by atoms with E-state index in [2.05, 4.69) is 49.2 Å². The Hall–Kier alpha value is -0.820. The lowest BCUT2D eigenvalue weighted by Crippen LogP contribution is -2.38. The van der Waals surface area contributed by atoms with Crippen molar-refractivity contribution in [2.24, 2.45) is 0 Å². The number of hydrogen-bond donors (Lipinski definition) is 0. The standard InChI is InChI=1S/C13H18N/c1-13(8-10-14(2)11-9-13)12-6-4-3-5-7-12/h3-7H,1,8-11H2,2H3. The van der Waals surface area contributed by atoms with Crippen LogP contribution in [0, 0.1) is 6.92 Å². The van der Waals surface area contributed by atoms with E-state index in [1.807, 2.05) is 0 Å². The van der Waals surface area contributed by atoms with Crippen molar-refractivity contribution in [2.45, 2.75) is 18.3 Å². The summed E-state index contributed by atoms with van der Waals surface area (Å²) in [5, 5.41) is 0. The summed E-state index contributed by atoms with van der Waals surface area (Å²) in [6.45, 7) is 6.74. The van der Waals surface area contributed by atoms with Crippen molar-refractivity contribution in [1.29, 1.82) is 0 Å². The Kier molecular flexibility index (Phi) is 2.60. The van der Waals surface area contributed by atoms with E-state index in [0.29, 0.717) is 0 Å². The maximum atomic E-state index is 4.41. The molecule has 1 heterocycles. The van der Waals surface area contributed by atoms with Crippen LogP contribution < -0.4 is 0 Å². The van der Waals surface area contributed by atoms with Crippen molar-refractivity contribution in [3.8, 4) is 0 Å². The second-order valence-electron chi connectivity index (χ2n) is 4.45. The van der Waals surface area contributed by atoms with Gasteiger partial charge in [0.2, 0.25) is 0 Å². The first kappa shape index (κ1) is 9.72. The van der Waals surface area contributed by atoms with Gasteiger partial charge in [-0.25, -0.2) is 0 Å². The summed E-state index contributed by atoms with van der Waals surface area (Å²) < 4.78 is 0. The minimum absolute atomic E-state index is 0.160. The van der Waals surface area contributed by atoms with Crippen molar-refractivity contribution >= 4 is 0 Å². The highest BCUT2D eigenvalue weighted by Crippen LogP contribution is 2.33. The Balaban J connectivity index is 2.17. The molecule has 0 aliphatic carbocycles. The first-order chi connectivity index (χ1) is 6.71. The normalized spacial score (nSPS) is 22.1. The Bertz CT molecular complexity index is 283. The van der Waals surface area contributed by atoms with Crippen LogP contribution in [0.2, 0.25) is 0 Å². The van der Waals surface area contributed by atoms with E-state index in [1.165, 1.54) is 31.5 Å². The highest BCUT2D eigenvalue weighted by Gasteiger charge is 2.30. The van der Waals surface area contributed by atoms with Crippen LogP contribution in [0.1, 0.15) is 18.4 Å². The Labute approximate surface area is 86.7 Å². The van der Waals surface area contributed by atoms with Crippen molar-refractivity contribution in [2.75, 3.05) is 20.1 Å². The smallest absolute Gasteiger partial charge is 0.00133 e. The zero-order valence-electron chi connectivity index (χ0n) is 8.87. The molecular formula is C13H18N. The van der Waals surface area contributed by atoms with E-state index in [0.717, 1.165) is 0 Å². The number of hydrogen-bond acceptors (Lipinski definition) is 1. The fourth-order valence-corrected chi connectivity index (χ4v) is 2.13. The van der Waals surface area contributed by atoms with Gasteiger partial charge in [0.05, 0.1) is 0 Å². The molecule has 0 spiro atoms. The van der Waals surface area contributed by atoms with Gasteiger partial charge >= 0.3 is 0 Å². The molecule has 1 radical (unpaired) electrons. The fraction of sp³-hybridized carbons (Fsp3) is 0.462. The van der Waals surface area contributed by atoms with Gasteiger partial charge in [-0.1, -0.05) is 30.3 Å². The second kappa shape index (κ2) is 3.74. The van der Waals surface area contributed by atoms with Crippen molar-refractivity contribution in [3.63, 3.8) is 0 Å². The summed E-state index contributed by atoms with van der Waals surface area (Å²) in [5.41, 5.74) is 1.56. The molecule has 0 unspecified atom stereocenters. The van der Waals surface area contributed by atoms with E-state index in [1.54, 1.807) is 0 Å². The molecular weight excluding hydrogens is 170 g/mol. The zero-order chi connectivity index (χ0) is 10.0. The highest BCUT2D eigenvalue weighted by molar-refractivity contribution is 5.27. The summed E-state index contributed by atoms with van der Waals surface area (Å²) >= 11 is 0. The van der Waals surface area contributed by atoms with Gasteiger partial charge in [0.15, 0.2) is 0 Å². The molecule has 0 bridgehead atoms. The molecule has 1 aromatic rings. The minimum Gasteiger partial charge on any atom is -0.306 e. The molecule has 0 saturated carbocycles. The lowest BCUT2D eigenvalue weighted by Gasteiger charge is -2.38. The Morgan fingerprint density at radius 3 is 2.29 bits per heavy atom. The van der Waals surface area contributed by atoms with E-state index in [-0.39, 0.29) is 5.41 Å². The summed E-state index contributed by atoms with van der Waals surface area (Å²) in [4.78, 5) is 2.38. The van der Waals surface area contributed by atoms with Crippen LogP contribution >= 0.6 is 0 Å². The van der Waals surface area contributed by atoms with Gasteiger partial charge in [-0.2, -0.15) is 0 Å². The molecule has 0 N–H and O–H groups in total. The molecule has 0 atom stereocenters. The number of piperidine rings is 1. The third-order valence-corrected chi connectivity index (χ3v) is 3.33. The highest BCUT2D eigenvalue weighted by atomic mass is 15.1. The molecule has 0 amide bonds. The van der Waals surface area contributed by atoms with E-state index in [4.69, 9.17) is 0 Å². The first-order valence-corrected chi connectivity index (χ1v) is 5.30. The predicted octanol–water partition coefficient (Wildman–Crippen LogP) is 2.48. The molecule has 1 nitrogen and oxygen atoms in total. The molecule has 1 heteroatoms. The summed E-state index contributed by atoms with van der Waals surface area (Å²) in [6.07, 6.45) is 2.35. The summed E-state index contributed by atoms with van der Waals surface area (Å²) in [5.74, 6) is 0. The number of likely N-dealkylation sites (tertiary alicyclic amines) is 1. The van der Waals surface area contributed by atoms with Gasteiger partial charge in [0.25, 0.3) is 0 Å². The third-order valence-electron chi connectivity index (χ3n) is 3.33. The Morgan fingerprint density at radius 1 is 1.14 bits per heavy atom. The second-order valence-corrected chi connectivity index (χ2v) is 4.45. The predicted molar refractivity (Wildman–Crippen MR) is 60.2 cm³/mol. The fourth-order valence-electron chi connectivity index (χ4n) is 2.13. The lowest BCUT2D eigenvalue weighted by molar-refractivity contribution is 0.216. The molecule has 75 valence electrons. The maximum Gasteiger partial charge on any atom is -0.00133 e. The number of benzene rings is 1. The monoisotopic (exact) mass is 188 g/mol. The van der Waals surface area contributed by atoms with Crippen LogP contribution in [0.3, 0.4) is 0 Å². The number of nitrogens with zero attached hydrogens (tertiary/aromatic N) is 1.